The van der Waals surface area contributed by atoms with Crippen LogP contribution in [0.15, 0.2) is 36.4 Å². The van der Waals surface area contributed by atoms with Crippen LogP contribution in [-0.2, 0) is 0 Å². The summed E-state index contributed by atoms with van der Waals surface area (Å²) in [5.74, 6) is -2.42. The van der Waals surface area contributed by atoms with Crippen molar-refractivity contribution in [3.05, 3.63) is 53.6 Å². The van der Waals surface area contributed by atoms with Crippen molar-refractivity contribution in [3.8, 4) is 5.75 Å². The zero-order valence-corrected chi connectivity index (χ0v) is 9.65. The zero-order valence-electron chi connectivity index (χ0n) is 9.65. The van der Waals surface area contributed by atoms with Crippen molar-refractivity contribution in [1.82, 2.24) is 0 Å². The highest BCUT2D eigenvalue weighted by atomic mass is 19.1. The van der Waals surface area contributed by atoms with E-state index in [-0.39, 0.29) is 22.7 Å². The summed E-state index contributed by atoms with van der Waals surface area (Å²) in [4.78, 5) is 11.8. The minimum atomic E-state index is -0.863. The SMILES string of the molecule is Nc1cc(F)ccc1NC(=O)c1ccc(O)cc1F. The number of nitrogens with two attached hydrogens (primary N) is 1. The van der Waals surface area contributed by atoms with E-state index in [0.717, 1.165) is 24.3 Å². The highest BCUT2D eigenvalue weighted by molar-refractivity contribution is 6.05. The van der Waals surface area contributed by atoms with Crippen molar-refractivity contribution >= 4 is 17.3 Å². The predicted molar refractivity (Wildman–Crippen MR) is 66.8 cm³/mol. The van der Waals surface area contributed by atoms with Gasteiger partial charge in [0, 0.05) is 6.07 Å². The molecule has 98 valence electrons. The fraction of sp³-hybridized carbons (Fsp3) is 0. The lowest BCUT2D eigenvalue weighted by atomic mass is 10.1. The second-order valence-electron chi connectivity index (χ2n) is 3.85. The van der Waals surface area contributed by atoms with Crippen LogP contribution in [0.5, 0.6) is 5.75 Å². The molecule has 0 aliphatic carbocycles. The maximum atomic E-state index is 13.5. The van der Waals surface area contributed by atoms with Crippen LogP contribution in [-0.4, -0.2) is 11.0 Å². The van der Waals surface area contributed by atoms with Gasteiger partial charge in [0.1, 0.15) is 17.4 Å². The number of phenolic OH excluding ortho intramolecular Hbond substituents is 1. The van der Waals surface area contributed by atoms with Gasteiger partial charge >= 0.3 is 0 Å². The molecule has 2 aromatic rings. The molecular formula is C13H10F2N2O2. The molecule has 0 fully saturated rings. The van der Waals surface area contributed by atoms with E-state index in [4.69, 9.17) is 10.8 Å². The topological polar surface area (TPSA) is 75.3 Å². The van der Waals surface area contributed by atoms with Gasteiger partial charge in [0.25, 0.3) is 5.91 Å². The molecule has 0 unspecified atom stereocenters. The van der Waals surface area contributed by atoms with E-state index in [1.165, 1.54) is 12.1 Å². The Kier molecular flexibility index (Phi) is 3.33. The number of nitrogens with one attached hydrogen (secondary N) is 1. The van der Waals surface area contributed by atoms with Crippen LogP contribution in [0.4, 0.5) is 20.2 Å². The number of hydrogen-bond acceptors (Lipinski definition) is 3. The molecule has 4 N–H and O–H groups in total. The van der Waals surface area contributed by atoms with E-state index in [0.29, 0.717) is 0 Å². The third-order valence-electron chi connectivity index (χ3n) is 2.46. The van der Waals surface area contributed by atoms with Gasteiger partial charge in [0.2, 0.25) is 0 Å². The van der Waals surface area contributed by atoms with Crippen molar-refractivity contribution in [3.63, 3.8) is 0 Å². The third-order valence-corrected chi connectivity index (χ3v) is 2.46. The maximum absolute atomic E-state index is 13.5. The van der Waals surface area contributed by atoms with Gasteiger partial charge in [0.15, 0.2) is 0 Å². The molecule has 0 aliphatic rings. The summed E-state index contributed by atoms with van der Waals surface area (Å²) < 4.78 is 26.3. The van der Waals surface area contributed by atoms with Crippen LogP contribution in [0.3, 0.4) is 0 Å². The molecule has 6 heteroatoms. The highest BCUT2D eigenvalue weighted by Crippen LogP contribution is 2.21. The Morgan fingerprint density at radius 1 is 1.16 bits per heavy atom. The fourth-order valence-corrected chi connectivity index (χ4v) is 1.53. The van der Waals surface area contributed by atoms with Crippen LogP contribution in [0, 0.1) is 11.6 Å². The summed E-state index contributed by atoms with van der Waals surface area (Å²) >= 11 is 0. The van der Waals surface area contributed by atoms with Crippen molar-refractivity contribution in [2.24, 2.45) is 0 Å². The second-order valence-corrected chi connectivity index (χ2v) is 3.85. The van der Waals surface area contributed by atoms with Crippen LogP contribution in [0.25, 0.3) is 0 Å². The Bertz CT molecular complexity index is 645. The Labute approximate surface area is 107 Å². The summed E-state index contributed by atoms with van der Waals surface area (Å²) in [7, 11) is 0. The fourth-order valence-electron chi connectivity index (χ4n) is 1.53. The first-order valence-electron chi connectivity index (χ1n) is 5.32. The van der Waals surface area contributed by atoms with E-state index < -0.39 is 17.5 Å². The van der Waals surface area contributed by atoms with Crippen molar-refractivity contribution in [2.45, 2.75) is 0 Å². The van der Waals surface area contributed by atoms with E-state index in [9.17, 15) is 13.6 Å². The molecule has 0 saturated carbocycles. The molecule has 0 radical (unpaired) electrons. The monoisotopic (exact) mass is 264 g/mol. The molecule has 2 rings (SSSR count). The van der Waals surface area contributed by atoms with Gasteiger partial charge < -0.3 is 16.2 Å². The Morgan fingerprint density at radius 3 is 2.53 bits per heavy atom. The smallest absolute Gasteiger partial charge is 0.258 e. The minimum Gasteiger partial charge on any atom is -0.508 e. The van der Waals surface area contributed by atoms with E-state index >= 15 is 0 Å². The Morgan fingerprint density at radius 2 is 1.89 bits per heavy atom. The van der Waals surface area contributed by atoms with E-state index in [2.05, 4.69) is 5.32 Å². The largest absolute Gasteiger partial charge is 0.508 e. The lowest BCUT2D eigenvalue weighted by Gasteiger charge is -2.08. The molecule has 0 aliphatic heterocycles. The van der Waals surface area contributed by atoms with Crippen LogP contribution >= 0.6 is 0 Å². The molecule has 0 spiro atoms. The molecule has 19 heavy (non-hydrogen) atoms. The van der Waals surface area contributed by atoms with Crippen LogP contribution in [0.2, 0.25) is 0 Å². The molecule has 0 heterocycles. The quantitative estimate of drug-likeness (QED) is 0.729. The van der Waals surface area contributed by atoms with Gasteiger partial charge in [0.05, 0.1) is 16.9 Å². The average Bonchev–Trinajstić information content (AvgIpc) is 2.32. The normalized spacial score (nSPS) is 10.2. The predicted octanol–water partition coefficient (Wildman–Crippen LogP) is 2.50. The van der Waals surface area contributed by atoms with Gasteiger partial charge in [-0.25, -0.2) is 8.78 Å². The summed E-state index contributed by atoms with van der Waals surface area (Å²) in [6.45, 7) is 0. The number of carbonyl (C=O) groups is 1. The van der Waals surface area contributed by atoms with Crippen molar-refractivity contribution < 1.29 is 18.7 Å². The molecule has 0 aromatic heterocycles. The first kappa shape index (κ1) is 12.8. The van der Waals surface area contributed by atoms with E-state index in [1.54, 1.807) is 0 Å². The van der Waals surface area contributed by atoms with Crippen molar-refractivity contribution in [2.75, 3.05) is 11.1 Å². The highest BCUT2D eigenvalue weighted by Gasteiger charge is 2.13. The first-order chi connectivity index (χ1) is 8.97. The third kappa shape index (κ3) is 2.79. The summed E-state index contributed by atoms with van der Waals surface area (Å²) in [6.07, 6.45) is 0. The van der Waals surface area contributed by atoms with Gasteiger partial charge in [-0.1, -0.05) is 0 Å². The number of amides is 1. The Balaban J connectivity index is 2.25. The second kappa shape index (κ2) is 4.93. The average molecular weight is 264 g/mol. The Hall–Kier alpha value is -2.63. The summed E-state index contributed by atoms with van der Waals surface area (Å²) in [5, 5.41) is 11.4. The molecule has 4 nitrogen and oxygen atoms in total. The van der Waals surface area contributed by atoms with Gasteiger partial charge in [-0.05, 0) is 30.3 Å². The molecule has 0 bridgehead atoms. The molecule has 0 atom stereocenters. The summed E-state index contributed by atoms with van der Waals surface area (Å²) in [6, 6.07) is 6.59. The molecule has 0 saturated heterocycles. The number of hydrogen-bond donors (Lipinski definition) is 3. The van der Waals surface area contributed by atoms with E-state index in [1.807, 2.05) is 0 Å². The standard InChI is InChI=1S/C13H10F2N2O2/c14-7-1-4-12(11(16)5-7)17-13(19)9-3-2-8(18)6-10(9)15/h1-6,18H,16H2,(H,17,19). The number of anilines is 2. The zero-order chi connectivity index (χ0) is 14.0. The lowest BCUT2D eigenvalue weighted by molar-refractivity contribution is 0.102. The van der Waals surface area contributed by atoms with Crippen molar-refractivity contribution in [1.29, 1.82) is 0 Å². The van der Waals surface area contributed by atoms with Gasteiger partial charge in [-0.15, -0.1) is 0 Å². The number of carbonyl (C=O) groups excluding carboxylic acids is 1. The number of rotatable bonds is 2. The number of halogens is 2. The van der Waals surface area contributed by atoms with Gasteiger partial charge in [-0.3, -0.25) is 4.79 Å². The summed E-state index contributed by atoms with van der Waals surface area (Å²) in [5.41, 5.74) is 5.49. The lowest BCUT2D eigenvalue weighted by Crippen LogP contribution is -2.14. The minimum absolute atomic E-state index is 0.0348. The number of nitrogen functional groups attached to an aromatic ring is 1. The van der Waals surface area contributed by atoms with Crippen LogP contribution in [0.1, 0.15) is 10.4 Å². The number of benzene rings is 2. The van der Waals surface area contributed by atoms with Gasteiger partial charge in [-0.2, -0.15) is 0 Å². The number of phenols is 1. The molecular weight excluding hydrogens is 254 g/mol. The first-order valence-corrected chi connectivity index (χ1v) is 5.32. The number of aromatic hydroxyl groups is 1. The molecule has 1 amide bonds. The maximum Gasteiger partial charge on any atom is 0.258 e. The molecule has 2 aromatic carbocycles. The van der Waals surface area contributed by atoms with Crippen LogP contribution < -0.4 is 11.1 Å².